The summed E-state index contributed by atoms with van der Waals surface area (Å²) < 4.78 is 12.0. The highest BCUT2D eigenvalue weighted by molar-refractivity contribution is 5.86. The van der Waals surface area contributed by atoms with E-state index in [1.165, 1.54) is 11.1 Å². The number of fused-ring (bicyclic) bond motifs is 3. The number of benzene rings is 3. The summed E-state index contributed by atoms with van der Waals surface area (Å²) in [6.07, 6.45) is 0.563. The maximum Gasteiger partial charge on any atom is 0.340 e. The third-order valence-corrected chi connectivity index (χ3v) is 6.04. The van der Waals surface area contributed by atoms with E-state index in [4.69, 9.17) is 9.15 Å². The van der Waals surface area contributed by atoms with E-state index in [9.17, 15) is 4.79 Å². The molecule has 2 heterocycles. The van der Waals surface area contributed by atoms with Gasteiger partial charge in [0.05, 0.1) is 12.1 Å². The van der Waals surface area contributed by atoms with Crippen molar-refractivity contribution in [1.29, 1.82) is 0 Å². The van der Waals surface area contributed by atoms with Crippen LogP contribution in [0.1, 0.15) is 33.4 Å². The first-order valence-corrected chi connectivity index (χ1v) is 10.6. The molecule has 0 saturated heterocycles. The van der Waals surface area contributed by atoms with Crippen LogP contribution >= 0.6 is 0 Å². The van der Waals surface area contributed by atoms with Crippen LogP contribution in [0.3, 0.4) is 0 Å². The van der Waals surface area contributed by atoms with E-state index < -0.39 is 0 Å². The largest absolute Gasteiger partial charge is 0.473 e. The average molecular weight is 412 g/mol. The second kappa shape index (κ2) is 7.62. The molecule has 0 N–H and O–H groups in total. The summed E-state index contributed by atoms with van der Waals surface area (Å²) in [7, 11) is 0. The van der Waals surface area contributed by atoms with Crippen molar-refractivity contribution in [2.24, 2.45) is 0 Å². The van der Waals surface area contributed by atoms with Crippen molar-refractivity contribution in [2.75, 3.05) is 11.6 Å². The van der Waals surface area contributed by atoms with E-state index in [-0.39, 0.29) is 5.63 Å². The Hall–Kier alpha value is -3.53. The number of ether oxygens (including phenoxy) is 1. The van der Waals surface area contributed by atoms with Crippen LogP contribution in [0.4, 0.5) is 5.69 Å². The van der Waals surface area contributed by atoms with Gasteiger partial charge in [0.15, 0.2) is 6.73 Å². The predicted molar refractivity (Wildman–Crippen MR) is 124 cm³/mol. The van der Waals surface area contributed by atoms with Crippen LogP contribution in [-0.4, -0.2) is 6.73 Å². The van der Waals surface area contributed by atoms with Gasteiger partial charge in [-0.1, -0.05) is 36.4 Å². The lowest BCUT2D eigenvalue weighted by Gasteiger charge is -2.31. The van der Waals surface area contributed by atoms with Gasteiger partial charge in [-0.25, -0.2) is 4.79 Å². The van der Waals surface area contributed by atoms with Gasteiger partial charge in [-0.05, 0) is 67.3 Å². The minimum atomic E-state index is -0.272. The van der Waals surface area contributed by atoms with Crippen molar-refractivity contribution in [2.45, 2.75) is 33.7 Å². The molecule has 5 rings (SSSR count). The lowest BCUT2D eigenvalue weighted by Crippen LogP contribution is -2.32. The highest BCUT2D eigenvalue weighted by Crippen LogP contribution is 2.35. The summed E-state index contributed by atoms with van der Waals surface area (Å²) in [6, 6.07) is 20.5. The van der Waals surface area contributed by atoms with Crippen molar-refractivity contribution >= 4 is 16.7 Å². The van der Waals surface area contributed by atoms with Gasteiger partial charge < -0.3 is 14.1 Å². The minimum Gasteiger partial charge on any atom is -0.473 e. The molecular formula is C27H25NO3. The normalized spacial score (nSPS) is 13.2. The average Bonchev–Trinajstić information content (AvgIpc) is 2.76. The Labute approximate surface area is 181 Å². The van der Waals surface area contributed by atoms with Crippen molar-refractivity contribution in [3.63, 3.8) is 0 Å². The van der Waals surface area contributed by atoms with Gasteiger partial charge in [-0.15, -0.1) is 0 Å². The van der Waals surface area contributed by atoms with Gasteiger partial charge in [0.25, 0.3) is 0 Å². The lowest BCUT2D eigenvalue weighted by molar-refractivity contribution is 0.289. The molecule has 0 aliphatic carbocycles. The number of hydrogen-bond donors (Lipinski definition) is 0. The number of nitrogens with zero attached hydrogens (tertiary/aromatic N) is 1. The van der Waals surface area contributed by atoms with Gasteiger partial charge in [-0.2, -0.15) is 0 Å². The maximum absolute atomic E-state index is 13.0. The Morgan fingerprint density at radius 1 is 0.935 bits per heavy atom. The molecule has 0 saturated carbocycles. The molecule has 1 aromatic heterocycles. The molecule has 4 nitrogen and oxygen atoms in total. The highest BCUT2D eigenvalue weighted by atomic mass is 16.5. The molecule has 0 spiro atoms. The van der Waals surface area contributed by atoms with Crippen LogP contribution in [0.5, 0.6) is 5.75 Å². The smallest absolute Gasteiger partial charge is 0.340 e. The molecule has 4 aromatic rings. The van der Waals surface area contributed by atoms with Gasteiger partial charge in [0, 0.05) is 23.1 Å². The van der Waals surface area contributed by atoms with E-state index in [0.717, 1.165) is 33.5 Å². The van der Waals surface area contributed by atoms with E-state index in [1.54, 1.807) is 0 Å². The molecule has 0 fully saturated rings. The molecule has 0 radical (unpaired) electrons. The predicted octanol–water partition coefficient (Wildman–Crippen LogP) is 5.67. The standard InChI is InChI=1S/C27H25NO3/c1-17-11-18(2)13-21(12-17)28-15-24-25(30-16-28)10-9-22-19(3)23(27(29)31-26(22)24)14-20-7-5-4-6-8-20/h4-13H,14-16H2,1-3H3. The Morgan fingerprint density at radius 2 is 1.68 bits per heavy atom. The maximum atomic E-state index is 13.0. The molecule has 0 amide bonds. The summed E-state index contributed by atoms with van der Waals surface area (Å²) in [5.41, 5.74) is 7.60. The summed E-state index contributed by atoms with van der Waals surface area (Å²) in [6.45, 7) is 7.31. The fourth-order valence-corrected chi connectivity index (χ4v) is 4.46. The highest BCUT2D eigenvalue weighted by Gasteiger charge is 2.24. The zero-order valence-electron chi connectivity index (χ0n) is 18.1. The van der Waals surface area contributed by atoms with Crippen LogP contribution < -0.4 is 15.3 Å². The first-order chi connectivity index (χ1) is 15.0. The molecule has 156 valence electrons. The molecule has 1 aliphatic heterocycles. The van der Waals surface area contributed by atoms with Crippen LogP contribution in [0, 0.1) is 20.8 Å². The topological polar surface area (TPSA) is 42.7 Å². The Bertz CT molecular complexity index is 1320. The lowest BCUT2D eigenvalue weighted by atomic mass is 9.97. The van der Waals surface area contributed by atoms with Crippen molar-refractivity contribution in [1.82, 2.24) is 0 Å². The number of rotatable bonds is 3. The molecule has 3 aromatic carbocycles. The molecule has 1 aliphatic rings. The third-order valence-electron chi connectivity index (χ3n) is 6.04. The number of aryl methyl sites for hydroxylation is 3. The summed E-state index contributed by atoms with van der Waals surface area (Å²) >= 11 is 0. The zero-order chi connectivity index (χ0) is 21.5. The second-order valence-electron chi connectivity index (χ2n) is 8.39. The Morgan fingerprint density at radius 3 is 2.42 bits per heavy atom. The quantitative estimate of drug-likeness (QED) is 0.408. The van der Waals surface area contributed by atoms with Crippen molar-refractivity contribution in [3.05, 3.63) is 104 Å². The molecule has 0 bridgehead atoms. The van der Waals surface area contributed by atoms with Crippen LogP contribution in [0.15, 0.2) is 69.9 Å². The van der Waals surface area contributed by atoms with E-state index in [1.807, 2.05) is 49.4 Å². The molecule has 0 unspecified atom stereocenters. The van der Waals surface area contributed by atoms with Gasteiger partial charge in [0.2, 0.25) is 0 Å². The van der Waals surface area contributed by atoms with E-state index >= 15 is 0 Å². The SMILES string of the molecule is Cc1cc(C)cc(N2COc3ccc4c(C)c(Cc5ccccc5)c(=O)oc4c3C2)c1. The first kappa shape index (κ1) is 19.4. The third kappa shape index (κ3) is 3.59. The second-order valence-corrected chi connectivity index (χ2v) is 8.39. The van der Waals surface area contributed by atoms with Gasteiger partial charge >= 0.3 is 5.63 Å². The molecule has 31 heavy (non-hydrogen) atoms. The van der Waals surface area contributed by atoms with E-state index in [2.05, 4.69) is 36.9 Å². The van der Waals surface area contributed by atoms with Crippen LogP contribution in [0.2, 0.25) is 0 Å². The molecule has 0 atom stereocenters. The summed E-state index contributed by atoms with van der Waals surface area (Å²) in [4.78, 5) is 15.1. The van der Waals surface area contributed by atoms with Crippen LogP contribution in [0.25, 0.3) is 11.0 Å². The first-order valence-electron chi connectivity index (χ1n) is 10.6. The summed E-state index contributed by atoms with van der Waals surface area (Å²) in [5, 5.41) is 0.968. The number of anilines is 1. The van der Waals surface area contributed by atoms with Gasteiger partial charge in [0.1, 0.15) is 11.3 Å². The van der Waals surface area contributed by atoms with Gasteiger partial charge in [-0.3, -0.25) is 0 Å². The monoisotopic (exact) mass is 411 g/mol. The summed E-state index contributed by atoms with van der Waals surface area (Å²) in [5.74, 6) is 0.784. The fraction of sp³-hybridized carbons (Fsp3) is 0.222. The Kier molecular flexibility index (Phi) is 4.78. The molecular weight excluding hydrogens is 386 g/mol. The van der Waals surface area contributed by atoms with Crippen molar-refractivity contribution < 1.29 is 9.15 Å². The van der Waals surface area contributed by atoms with Crippen LogP contribution in [-0.2, 0) is 13.0 Å². The van der Waals surface area contributed by atoms with E-state index in [0.29, 0.717) is 30.8 Å². The molecule has 4 heteroatoms. The van der Waals surface area contributed by atoms with Crippen molar-refractivity contribution in [3.8, 4) is 5.75 Å². The Balaban J connectivity index is 1.58. The minimum absolute atomic E-state index is 0.272. The zero-order valence-corrected chi connectivity index (χ0v) is 18.1. The number of hydrogen-bond acceptors (Lipinski definition) is 4. The fourth-order valence-electron chi connectivity index (χ4n) is 4.46.